The van der Waals surface area contributed by atoms with Gasteiger partial charge in [-0.3, -0.25) is 9.13 Å². The average Bonchev–Trinajstić information content (AvgIpc) is 3.95. The van der Waals surface area contributed by atoms with Crippen molar-refractivity contribution in [3.63, 3.8) is 0 Å². The van der Waals surface area contributed by atoms with E-state index in [1.807, 2.05) is 60.9 Å². The van der Waals surface area contributed by atoms with Gasteiger partial charge in [-0.25, -0.2) is 9.97 Å². The van der Waals surface area contributed by atoms with Gasteiger partial charge in [-0.1, -0.05) is 150 Å². The van der Waals surface area contributed by atoms with Crippen LogP contribution in [0.5, 0.6) is 0 Å². The zero-order chi connectivity index (χ0) is 37.0. The second-order valence-corrected chi connectivity index (χ2v) is 14.1. The minimum Gasteiger partial charge on any atom is -0.356 e. The summed E-state index contributed by atoms with van der Waals surface area (Å²) in [6.45, 7) is -0.286. The van der Waals surface area contributed by atoms with Gasteiger partial charge in [0.1, 0.15) is 17.3 Å². The second kappa shape index (κ2) is 13.1. The van der Waals surface area contributed by atoms with Crippen LogP contribution in [0.3, 0.4) is 0 Å². The van der Waals surface area contributed by atoms with E-state index in [-0.39, 0.29) is 6.71 Å². The molecule has 0 spiro atoms. The molecule has 262 valence electrons. The minimum absolute atomic E-state index is 0.286. The molecule has 0 aliphatic carbocycles. The molecule has 11 rings (SSSR count). The van der Waals surface area contributed by atoms with Gasteiger partial charge in [-0.2, -0.15) is 0 Å². The molecule has 0 saturated heterocycles. The van der Waals surface area contributed by atoms with E-state index in [0.717, 1.165) is 83.4 Å². The van der Waals surface area contributed by atoms with Crippen LogP contribution in [0.1, 0.15) is 0 Å². The van der Waals surface area contributed by atoms with Crippen molar-refractivity contribution >= 4 is 66.7 Å². The lowest BCUT2D eigenvalue weighted by molar-refractivity contribution is 0.435. The SMILES string of the molecule is c1ccc(-c2noc(-c3ccccc3)c2B(c2ccc3c4ccccc4n(-c4ccccn4)c3c2)c2ccc3c4ccccc4n(-c4ccccn4)c3c2)cc1. The van der Waals surface area contributed by atoms with Crippen molar-refractivity contribution in [3.05, 3.63) is 194 Å². The van der Waals surface area contributed by atoms with Crippen molar-refractivity contribution in [2.75, 3.05) is 0 Å². The third kappa shape index (κ3) is 5.09. The summed E-state index contributed by atoms with van der Waals surface area (Å²) >= 11 is 0. The van der Waals surface area contributed by atoms with Crippen LogP contribution in [0, 0.1) is 0 Å². The molecule has 6 nitrogen and oxygen atoms in total. The third-order valence-corrected chi connectivity index (χ3v) is 10.9. The largest absolute Gasteiger partial charge is 0.356 e. The lowest BCUT2D eigenvalue weighted by Gasteiger charge is -2.18. The number of hydrogen-bond donors (Lipinski definition) is 0. The maximum absolute atomic E-state index is 6.44. The predicted octanol–water partition coefficient (Wildman–Crippen LogP) is 9.51. The molecule has 0 bridgehead atoms. The maximum atomic E-state index is 6.44. The molecule has 0 aliphatic rings. The van der Waals surface area contributed by atoms with Crippen LogP contribution < -0.4 is 16.4 Å². The third-order valence-electron chi connectivity index (χ3n) is 10.9. The number of hydrogen-bond acceptors (Lipinski definition) is 4. The molecule has 0 N–H and O–H groups in total. The Hall–Kier alpha value is -7.51. The molecule has 5 heterocycles. The van der Waals surface area contributed by atoms with Gasteiger partial charge < -0.3 is 4.52 Å². The predicted molar refractivity (Wildman–Crippen MR) is 229 cm³/mol. The maximum Gasteiger partial charge on any atom is 0.249 e. The standard InChI is InChI=1S/C49H32BN5O/c1-3-15-33(16-4-1)48-47(49(56-53-48)34-17-5-2-6-18-34)50(35-25-27-39-37-19-7-9-21-41(37)54(43(39)31-35)45-23-11-13-29-51-45)36-26-28-40-38-20-8-10-22-42(38)55(44(40)32-36)46-24-12-14-30-52-46/h1-32H. The number of aromatic nitrogens is 5. The van der Waals surface area contributed by atoms with Gasteiger partial charge in [-0.05, 0) is 48.5 Å². The molecule has 0 fully saturated rings. The highest BCUT2D eigenvalue weighted by molar-refractivity contribution is 6.97. The lowest BCUT2D eigenvalue weighted by Crippen LogP contribution is -2.53. The first-order chi connectivity index (χ1) is 27.8. The highest BCUT2D eigenvalue weighted by Gasteiger charge is 2.33. The molecule has 0 amide bonds. The Labute approximate surface area is 323 Å². The number of pyridine rings is 2. The van der Waals surface area contributed by atoms with Crippen LogP contribution in [-0.4, -0.2) is 31.0 Å². The summed E-state index contributed by atoms with van der Waals surface area (Å²) < 4.78 is 11.0. The van der Waals surface area contributed by atoms with Gasteiger partial charge in [0.05, 0.1) is 22.1 Å². The summed E-state index contributed by atoms with van der Waals surface area (Å²) in [4.78, 5) is 9.67. The molecule has 0 radical (unpaired) electrons. The molecule has 0 atom stereocenters. The van der Waals surface area contributed by atoms with Gasteiger partial charge in [0, 0.05) is 50.5 Å². The number of rotatable bonds is 7. The number of para-hydroxylation sites is 2. The fraction of sp³-hybridized carbons (Fsp3) is 0. The Balaban J connectivity index is 1.25. The van der Waals surface area contributed by atoms with Crippen molar-refractivity contribution in [3.8, 4) is 34.2 Å². The Morgan fingerprint density at radius 3 is 1.39 bits per heavy atom. The van der Waals surface area contributed by atoms with Crippen LogP contribution in [0.15, 0.2) is 199 Å². The van der Waals surface area contributed by atoms with Gasteiger partial charge in [0.2, 0.25) is 6.71 Å². The normalized spacial score (nSPS) is 11.6. The van der Waals surface area contributed by atoms with Crippen LogP contribution in [0.4, 0.5) is 0 Å². The lowest BCUT2D eigenvalue weighted by atomic mass is 9.36. The zero-order valence-electron chi connectivity index (χ0n) is 30.2. The fourth-order valence-corrected chi connectivity index (χ4v) is 8.49. The molecular weight excluding hydrogens is 685 g/mol. The Morgan fingerprint density at radius 2 is 0.875 bits per heavy atom. The van der Waals surface area contributed by atoms with Gasteiger partial charge in [-0.15, -0.1) is 0 Å². The van der Waals surface area contributed by atoms with Gasteiger partial charge in [0.25, 0.3) is 0 Å². The molecule has 7 heteroatoms. The molecule has 56 heavy (non-hydrogen) atoms. The summed E-state index contributed by atoms with van der Waals surface area (Å²) in [5, 5.41) is 9.54. The van der Waals surface area contributed by atoms with Crippen molar-refractivity contribution < 1.29 is 4.52 Å². The minimum atomic E-state index is -0.286. The van der Waals surface area contributed by atoms with Crippen LogP contribution in [-0.2, 0) is 0 Å². The molecular formula is C49H32BN5O. The van der Waals surface area contributed by atoms with E-state index in [4.69, 9.17) is 19.6 Å². The summed E-state index contributed by atoms with van der Waals surface area (Å²) in [5.41, 5.74) is 10.4. The summed E-state index contributed by atoms with van der Waals surface area (Å²) in [6.07, 6.45) is 3.71. The Bertz CT molecular complexity index is 2980. The molecule has 6 aromatic carbocycles. The zero-order valence-corrected chi connectivity index (χ0v) is 30.2. The van der Waals surface area contributed by atoms with E-state index in [1.165, 1.54) is 10.8 Å². The molecule has 0 saturated carbocycles. The molecule has 11 aromatic rings. The average molecular weight is 718 g/mol. The summed E-state index contributed by atoms with van der Waals surface area (Å²) in [6, 6.07) is 63.7. The van der Waals surface area contributed by atoms with E-state index < -0.39 is 0 Å². The molecule has 0 unspecified atom stereocenters. The second-order valence-electron chi connectivity index (χ2n) is 14.1. The van der Waals surface area contributed by atoms with E-state index in [2.05, 4.69) is 143 Å². The monoisotopic (exact) mass is 717 g/mol. The summed E-state index contributed by atoms with van der Waals surface area (Å²) in [5.74, 6) is 2.48. The van der Waals surface area contributed by atoms with Crippen molar-refractivity contribution in [2.45, 2.75) is 0 Å². The van der Waals surface area contributed by atoms with Gasteiger partial charge >= 0.3 is 0 Å². The highest BCUT2D eigenvalue weighted by atomic mass is 16.5. The van der Waals surface area contributed by atoms with E-state index in [1.54, 1.807) is 0 Å². The Kier molecular flexibility index (Phi) is 7.48. The number of fused-ring (bicyclic) bond motifs is 6. The van der Waals surface area contributed by atoms with E-state index in [9.17, 15) is 0 Å². The first kappa shape index (κ1) is 32.0. The van der Waals surface area contributed by atoms with Gasteiger partial charge in [0.15, 0.2) is 5.76 Å². The van der Waals surface area contributed by atoms with E-state index >= 15 is 0 Å². The molecule has 0 aliphatic heterocycles. The van der Waals surface area contributed by atoms with Crippen LogP contribution >= 0.6 is 0 Å². The summed E-state index contributed by atoms with van der Waals surface area (Å²) in [7, 11) is 0. The highest BCUT2D eigenvalue weighted by Crippen LogP contribution is 2.33. The topological polar surface area (TPSA) is 61.7 Å². The number of nitrogens with zero attached hydrogens (tertiary/aromatic N) is 5. The fourth-order valence-electron chi connectivity index (χ4n) is 8.49. The van der Waals surface area contributed by atoms with Crippen LogP contribution in [0.25, 0.3) is 77.8 Å². The first-order valence-electron chi connectivity index (χ1n) is 18.8. The van der Waals surface area contributed by atoms with Crippen molar-refractivity contribution in [2.24, 2.45) is 0 Å². The van der Waals surface area contributed by atoms with E-state index in [0.29, 0.717) is 0 Å². The Morgan fingerprint density at radius 1 is 0.411 bits per heavy atom. The van der Waals surface area contributed by atoms with Crippen LogP contribution in [0.2, 0.25) is 0 Å². The van der Waals surface area contributed by atoms with Crippen molar-refractivity contribution in [1.29, 1.82) is 0 Å². The smallest absolute Gasteiger partial charge is 0.249 e. The van der Waals surface area contributed by atoms with Crippen molar-refractivity contribution in [1.82, 2.24) is 24.3 Å². The quantitative estimate of drug-likeness (QED) is 0.154. The first-order valence-corrected chi connectivity index (χ1v) is 18.8. The number of benzene rings is 6. The molecule has 5 aromatic heterocycles.